The molecule has 1 N–H and O–H groups in total. The third kappa shape index (κ3) is 3.50. The molecule has 0 aliphatic rings. The average molecular weight is 397 g/mol. The van der Waals surface area contributed by atoms with Gasteiger partial charge in [0.1, 0.15) is 11.3 Å². The first-order valence-electron chi connectivity index (χ1n) is 9.71. The lowest BCUT2D eigenvalue weighted by Crippen LogP contribution is -2.23. The molecule has 148 valence electrons. The minimum absolute atomic E-state index is 0.0274. The van der Waals surface area contributed by atoms with E-state index in [0.717, 1.165) is 33.8 Å². The van der Waals surface area contributed by atoms with Crippen LogP contribution in [0.3, 0.4) is 0 Å². The number of nitrogens with one attached hydrogen (secondary N) is 1. The highest BCUT2D eigenvalue weighted by atomic mass is 16.1. The van der Waals surface area contributed by atoms with Crippen LogP contribution in [0.2, 0.25) is 0 Å². The van der Waals surface area contributed by atoms with Crippen LogP contribution in [0.4, 0.5) is 0 Å². The Labute approximate surface area is 172 Å². The summed E-state index contributed by atoms with van der Waals surface area (Å²) in [6.07, 6.45) is 8.03. The number of nitrogens with zero attached hydrogens (tertiary/aromatic N) is 6. The minimum atomic E-state index is -0.0274. The summed E-state index contributed by atoms with van der Waals surface area (Å²) in [5, 5.41) is 16.2. The highest BCUT2D eigenvalue weighted by Gasteiger charge is 2.13. The summed E-state index contributed by atoms with van der Waals surface area (Å²) in [4.78, 5) is 16.2. The minimum Gasteiger partial charge on any atom is -0.352 e. The molecule has 5 rings (SSSR count). The Morgan fingerprint density at radius 2 is 1.83 bits per heavy atom. The molecule has 5 aromatic rings. The van der Waals surface area contributed by atoms with Crippen LogP contribution < -0.4 is 5.32 Å². The SMILES string of the molecule is O=C(CCc1nnc2c3cc(-c4ccccc4)nn3ccn12)NCc1ccncc1. The highest BCUT2D eigenvalue weighted by Crippen LogP contribution is 2.21. The molecule has 0 fully saturated rings. The second-order valence-electron chi connectivity index (χ2n) is 6.97. The van der Waals surface area contributed by atoms with Crippen LogP contribution in [0.25, 0.3) is 22.4 Å². The van der Waals surface area contributed by atoms with E-state index in [2.05, 4.69) is 25.6 Å². The number of carbonyl (C=O) groups excluding carboxylic acids is 1. The fraction of sp³-hybridized carbons (Fsp3) is 0.136. The molecule has 4 aromatic heterocycles. The monoisotopic (exact) mass is 397 g/mol. The normalized spacial score (nSPS) is 11.2. The van der Waals surface area contributed by atoms with Gasteiger partial charge in [-0.05, 0) is 23.8 Å². The molecular weight excluding hydrogens is 378 g/mol. The van der Waals surface area contributed by atoms with Crippen molar-refractivity contribution in [2.75, 3.05) is 0 Å². The van der Waals surface area contributed by atoms with Crippen molar-refractivity contribution in [2.45, 2.75) is 19.4 Å². The zero-order valence-corrected chi connectivity index (χ0v) is 16.1. The molecule has 1 amide bonds. The lowest BCUT2D eigenvalue weighted by molar-refractivity contribution is -0.121. The summed E-state index contributed by atoms with van der Waals surface area (Å²) in [5.74, 6) is 0.717. The van der Waals surface area contributed by atoms with Crippen LogP contribution in [-0.2, 0) is 17.8 Å². The molecular formula is C22H19N7O. The number of aryl methyl sites for hydroxylation is 1. The van der Waals surface area contributed by atoms with Gasteiger partial charge in [0.25, 0.3) is 0 Å². The van der Waals surface area contributed by atoms with Crippen LogP contribution >= 0.6 is 0 Å². The molecule has 0 unspecified atom stereocenters. The van der Waals surface area contributed by atoms with E-state index in [1.165, 1.54) is 0 Å². The summed E-state index contributed by atoms with van der Waals surface area (Å²) in [7, 11) is 0. The van der Waals surface area contributed by atoms with Crippen molar-refractivity contribution in [2.24, 2.45) is 0 Å². The Balaban J connectivity index is 1.32. The van der Waals surface area contributed by atoms with E-state index in [1.807, 2.05) is 65.3 Å². The molecule has 0 aliphatic carbocycles. The summed E-state index contributed by atoms with van der Waals surface area (Å²) >= 11 is 0. The molecule has 0 atom stereocenters. The maximum Gasteiger partial charge on any atom is 0.220 e. The standard InChI is InChI=1S/C22H19N7O/c30-21(24-15-16-8-10-23-11-9-16)7-6-20-25-26-22-19-14-18(17-4-2-1-3-5-17)27-29(19)13-12-28(20)22/h1-5,8-14H,6-7,15H2,(H,24,30). The number of hydrogen-bond donors (Lipinski definition) is 1. The maximum atomic E-state index is 12.2. The van der Waals surface area contributed by atoms with Gasteiger partial charge in [-0.3, -0.25) is 14.2 Å². The third-order valence-corrected chi connectivity index (χ3v) is 4.97. The summed E-state index contributed by atoms with van der Waals surface area (Å²) < 4.78 is 3.72. The van der Waals surface area contributed by atoms with Gasteiger partial charge in [-0.1, -0.05) is 30.3 Å². The Kier molecular flexibility index (Phi) is 4.65. The fourth-order valence-electron chi connectivity index (χ4n) is 3.40. The summed E-state index contributed by atoms with van der Waals surface area (Å²) in [5.41, 5.74) is 4.54. The number of benzene rings is 1. The molecule has 8 nitrogen and oxygen atoms in total. The Morgan fingerprint density at radius 3 is 2.67 bits per heavy atom. The number of rotatable bonds is 6. The number of carbonyl (C=O) groups is 1. The van der Waals surface area contributed by atoms with Crippen molar-refractivity contribution < 1.29 is 4.79 Å². The molecule has 8 heteroatoms. The molecule has 0 saturated carbocycles. The van der Waals surface area contributed by atoms with Crippen LogP contribution in [0, 0.1) is 0 Å². The molecule has 0 radical (unpaired) electrons. The number of fused-ring (bicyclic) bond motifs is 3. The molecule has 0 aliphatic heterocycles. The lowest BCUT2D eigenvalue weighted by Gasteiger charge is -2.05. The largest absolute Gasteiger partial charge is 0.352 e. The van der Waals surface area contributed by atoms with E-state index in [0.29, 0.717) is 19.4 Å². The van der Waals surface area contributed by atoms with Gasteiger partial charge in [0.15, 0.2) is 5.65 Å². The van der Waals surface area contributed by atoms with Crippen molar-refractivity contribution in [3.8, 4) is 11.3 Å². The fourth-order valence-corrected chi connectivity index (χ4v) is 3.40. The van der Waals surface area contributed by atoms with Crippen LogP contribution in [0.15, 0.2) is 73.3 Å². The second kappa shape index (κ2) is 7.75. The van der Waals surface area contributed by atoms with E-state index in [9.17, 15) is 4.79 Å². The van der Waals surface area contributed by atoms with E-state index in [4.69, 9.17) is 0 Å². The maximum absolute atomic E-state index is 12.2. The molecule has 30 heavy (non-hydrogen) atoms. The molecule has 0 bridgehead atoms. The molecule has 0 spiro atoms. The smallest absolute Gasteiger partial charge is 0.220 e. The van der Waals surface area contributed by atoms with Crippen molar-refractivity contribution in [1.82, 2.24) is 34.5 Å². The summed E-state index contributed by atoms with van der Waals surface area (Å²) in [6, 6.07) is 15.8. The highest BCUT2D eigenvalue weighted by molar-refractivity contribution is 5.77. The van der Waals surface area contributed by atoms with Crippen LogP contribution in [0.1, 0.15) is 17.8 Å². The van der Waals surface area contributed by atoms with Gasteiger partial charge in [-0.2, -0.15) is 5.10 Å². The zero-order chi connectivity index (χ0) is 20.3. The van der Waals surface area contributed by atoms with Gasteiger partial charge < -0.3 is 5.32 Å². The number of pyridine rings is 1. The van der Waals surface area contributed by atoms with Crippen molar-refractivity contribution in [1.29, 1.82) is 0 Å². The van der Waals surface area contributed by atoms with Crippen LogP contribution in [-0.4, -0.2) is 35.1 Å². The first kappa shape index (κ1) is 18.0. The molecule has 0 saturated heterocycles. The van der Waals surface area contributed by atoms with Gasteiger partial charge in [0, 0.05) is 49.7 Å². The predicted octanol–water partition coefficient (Wildman–Crippen LogP) is 2.69. The van der Waals surface area contributed by atoms with Crippen molar-refractivity contribution in [3.63, 3.8) is 0 Å². The van der Waals surface area contributed by atoms with Gasteiger partial charge in [-0.15, -0.1) is 10.2 Å². The third-order valence-electron chi connectivity index (χ3n) is 4.97. The quantitative estimate of drug-likeness (QED) is 0.476. The first-order chi connectivity index (χ1) is 14.8. The molecule has 4 heterocycles. The summed E-state index contributed by atoms with van der Waals surface area (Å²) in [6.45, 7) is 0.487. The zero-order valence-electron chi connectivity index (χ0n) is 16.1. The second-order valence-corrected chi connectivity index (χ2v) is 6.97. The van der Waals surface area contributed by atoms with Crippen molar-refractivity contribution in [3.05, 3.63) is 84.7 Å². The van der Waals surface area contributed by atoms with Crippen LogP contribution in [0.5, 0.6) is 0 Å². The van der Waals surface area contributed by atoms with Gasteiger partial charge in [0.2, 0.25) is 5.91 Å². The van der Waals surface area contributed by atoms with E-state index >= 15 is 0 Å². The molecule has 1 aromatic carbocycles. The van der Waals surface area contributed by atoms with E-state index in [1.54, 1.807) is 16.9 Å². The number of amides is 1. The van der Waals surface area contributed by atoms with E-state index in [-0.39, 0.29) is 5.91 Å². The van der Waals surface area contributed by atoms with Crippen molar-refractivity contribution >= 4 is 17.1 Å². The van der Waals surface area contributed by atoms with Gasteiger partial charge in [-0.25, -0.2) is 4.52 Å². The average Bonchev–Trinajstić information content (AvgIpc) is 3.41. The Bertz CT molecular complexity index is 1310. The number of hydrogen-bond acceptors (Lipinski definition) is 5. The van der Waals surface area contributed by atoms with E-state index < -0.39 is 0 Å². The first-order valence-corrected chi connectivity index (χ1v) is 9.71. The number of aromatic nitrogens is 6. The lowest BCUT2D eigenvalue weighted by atomic mass is 10.1. The van der Waals surface area contributed by atoms with Gasteiger partial charge >= 0.3 is 0 Å². The Hall–Kier alpha value is -4.07. The topological polar surface area (TPSA) is 89.5 Å². The predicted molar refractivity (Wildman–Crippen MR) is 112 cm³/mol. The van der Waals surface area contributed by atoms with Gasteiger partial charge in [0.05, 0.1) is 5.69 Å². The Morgan fingerprint density at radius 1 is 1.00 bits per heavy atom.